The fourth-order valence-corrected chi connectivity index (χ4v) is 28.4. The van der Waals surface area contributed by atoms with E-state index in [1.54, 1.807) is 79.9 Å². The molecule has 0 aliphatic carbocycles. The van der Waals surface area contributed by atoms with Crippen molar-refractivity contribution in [2.45, 2.75) is 97.1 Å². The highest BCUT2D eigenvalue weighted by Gasteiger charge is 2.44. The van der Waals surface area contributed by atoms with Crippen LogP contribution in [0.25, 0.3) is 11.1 Å². The van der Waals surface area contributed by atoms with E-state index in [1.807, 2.05) is 6.92 Å². The number of carbonyl (C=O) groups is 4. The van der Waals surface area contributed by atoms with Crippen molar-refractivity contribution in [2.75, 3.05) is 30.1 Å². The fourth-order valence-electron chi connectivity index (χ4n) is 8.47. The van der Waals surface area contributed by atoms with Crippen molar-refractivity contribution in [1.29, 1.82) is 0 Å². The lowest BCUT2D eigenvalue weighted by Gasteiger charge is -2.41. The van der Waals surface area contributed by atoms with Gasteiger partial charge in [-0.3, -0.25) is 19.2 Å². The summed E-state index contributed by atoms with van der Waals surface area (Å²) >= 11 is 13.0. The summed E-state index contributed by atoms with van der Waals surface area (Å²) in [6.07, 6.45) is 3.84. The number of amides is 4. The average molecular weight is 966 g/mol. The lowest BCUT2D eigenvalue weighted by atomic mass is 9.97. The molecule has 336 valence electrons. The normalized spacial score (nSPS) is 14.5. The lowest BCUT2D eigenvalue weighted by Crippen LogP contribution is -2.56. The largest absolute Gasteiger partial charge is 0.492 e. The number of unbranched alkanes of at least 4 members (excludes halogenated alkanes) is 2. The molecule has 4 amide bonds. The van der Waals surface area contributed by atoms with Crippen molar-refractivity contribution < 1.29 is 41.0 Å². The number of imide groups is 2. The van der Waals surface area contributed by atoms with E-state index in [4.69, 9.17) is 45.0 Å². The molecule has 4 aromatic carbocycles. The van der Waals surface area contributed by atoms with Crippen LogP contribution in [0.5, 0.6) is 5.75 Å². The Labute approximate surface area is 385 Å². The van der Waals surface area contributed by atoms with Gasteiger partial charge in [0.1, 0.15) is 5.75 Å². The van der Waals surface area contributed by atoms with Gasteiger partial charge in [-0.15, -0.1) is 0 Å². The maximum absolute atomic E-state index is 13.8. The highest BCUT2D eigenvalue weighted by atomic mass is 35.5. The van der Waals surface area contributed by atoms with Crippen molar-refractivity contribution in [3.8, 4) is 16.9 Å². The van der Waals surface area contributed by atoms with Gasteiger partial charge in [0, 0.05) is 18.7 Å². The molecular formula is C46H58Cl2N2O9Si4. The summed E-state index contributed by atoms with van der Waals surface area (Å²) < 4.78 is 31.6. The second-order valence-electron chi connectivity index (χ2n) is 18.3. The van der Waals surface area contributed by atoms with Crippen molar-refractivity contribution >= 4 is 92.0 Å². The molecule has 0 unspecified atom stereocenters. The zero-order valence-electron chi connectivity index (χ0n) is 37.9. The molecule has 0 bridgehead atoms. The molecule has 0 atom stereocenters. The second kappa shape index (κ2) is 19.4. The SMILES string of the molecule is COCCCC[Si](C)(C)O[Si](C)(C)O[Si](C)(C)O[Si](C)(C)CCCCOc1ccc(N2C(=O)c3ccc(-c4ccc5c(c4)C(=O)N(c4ccc(C)c(Cl)c4)C5=O)cc3C2=O)cc1Cl. The Bertz CT molecular complexity index is 2430. The third-order valence-corrected chi connectivity index (χ3v) is 27.1. The van der Waals surface area contributed by atoms with E-state index in [1.165, 1.54) is 0 Å². The molecule has 0 saturated heterocycles. The van der Waals surface area contributed by atoms with Crippen LogP contribution in [0.15, 0.2) is 72.8 Å². The van der Waals surface area contributed by atoms with Crippen LogP contribution in [0.1, 0.15) is 72.7 Å². The average Bonchev–Trinajstić information content (AvgIpc) is 3.59. The smallest absolute Gasteiger partial charge is 0.312 e. The van der Waals surface area contributed by atoms with Crippen LogP contribution in [-0.2, 0) is 17.1 Å². The van der Waals surface area contributed by atoms with Gasteiger partial charge < -0.3 is 21.8 Å². The van der Waals surface area contributed by atoms with Crippen LogP contribution in [0, 0.1) is 6.92 Å². The predicted octanol–water partition coefficient (Wildman–Crippen LogP) is 12.0. The van der Waals surface area contributed by atoms with Crippen molar-refractivity contribution in [3.05, 3.63) is 111 Å². The fraction of sp³-hybridized carbons (Fsp3) is 0.391. The standard InChI is InChI=1S/C46H58Cl2N2O9Si4/c1-31-15-18-34(29-40(31)47)49-43(51)36-20-16-32(27-38(36)45(49)53)33-17-21-37-39(28-33)46(54)50(44(37)52)35-19-22-42(41(48)30-35)56-24-12-14-26-61(5,6)58-63(9,10)59-62(7,8)57-60(3,4)25-13-11-23-55-2/h15-22,27-30H,11-14,23-26H2,1-10H3. The minimum atomic E-state index is -2.46. The van der Waals surface area contributed by atoms with E-state index >= 15 is 0 Å². The number of hydrogen-bond donors (Lipinski definition) is 0. The van der Waals surface area contributed by atoms with Crippen LogP contribution in [0.4, 0.5) is 11.4 Å². The van der Waals surface area contributed by atoms with Gasteiger partial charge >= 0.3 is 17.1 Å². The topological polar surface area (TPSA) is 121 Å². The number of halogens is 2. The molecule has 17 heteroatoms. The van der Waals surface area contributed by atoms with E-state index < -0.39 is 57.4 Å². The minimum absolute atomic E-state index is 0.218. The highest BCUT2D eigenvalue weighted by molar-refractivity contribution is 6.89. The van der Waals surface area contributed by atoms with Gasteiger partial charge in [0.2, 0.25) is 0 Å². The summed E-state index contributed by atoms with van der Waals surface area (Å²) in [5.41, 5.74) is 3.72. The number of methoxy groups -OCH3 is 1. The van der Waals surface area contributed by atoms with Gasteiger partial charge in [-0.1, -0.05) is 54.2 Å². The zero-order valence-corrected chi connectivity index (χ0v) is 43.4. The van der Waals surface area contributed by atoms with Gasteiger partial charge in [-0.05, 0) is 156 Å². The molecule has 2 aliphatic heterocycles. The van der Waals surface area contributed by atoms with Gasteiger partial charge in [0.25, 0.3) is 23.6 Å². The second-order valence-corrected chi connectivity index (χ2v) is 35.2. The third kappa shape index (κ3) is 11.6. The molecular weight excluding hydrogens is 908 g/mol. The first-order valence-electron chi connectivity index (χ1n) is 21.4. The minimum Gasteiger partial charge on any atom is -0.492 e. The Morgan fingerprint density at radius 3 is 1.41 bits per heavy atom. The summed E-state index contributed by atoms with van der Waals surface area (Å²) in [6, 6.07) is 21.8. The molecule has 6 rings (SSSR count). The predicted molar refractivity (Wildman–Crippen MR) is 260 cm³/mol. The Balaban J connectivity index is 1.02. The Morgan fingerprint density at radius 2 is 0.952 bits per heavy atom. The molecule has 11 nitrogen and oxygen atoms in total. The first kappa shape index (κ1) is 48.7. The molecule has 4 aromatic rings. The van der Waals surface area contributed by atoms with E-state index in [2.05, 4.69) is 52.4 Å². The molecule has 0 saturated carbocycles. The highest BCUT2D eigenvalue weighted by Crippen LogP contribution is 2.38. The molecule has 0 fully saturated rings. The Hall–Kier alpha value is -3.75. The van der Waals surface area contributed by atoms with Crippen LogP contribution in [0.2, 0.25) is 74.5 Å². The summed E-state index contributed by atoms with van der Waals surface area (Å²) in [4.78, 5) is 56.4. The van der Waals surface area contributed by atoms with Crippen LogP contribution >= 0.6 is 23.2 Å². The van der Waals surface area contributed by atoms with Crippen LogP contribution in [0.3, 0.4) is 0 Å². The van der Waals surface area contributed by atoms with E-state index in [9.17, 15) is 19.2 Å². The van der Waals surface area contributed by atoms with E-state index in [0.29, 0.717) is 39.9 Å². The van der Waals surface area contributed by atoms with E-state index in [-0.39, 0.29) is 27.3 Å². The summed E-state index contributed by atoms with van der Waals surface area (Å²) in [7, 11) is -7.07. The Morgan fingerprint density at radius 1 is 0.508 bits per heavy atom. The molecule has 0 N–H and O–H groups in total. The number of anilines is 2. The van der Waals surface area contributed by atoms with Gasteiger partial charge in [-0.2, -0.15) is 0 Å². The maximum atomic E-state index is 13.8. The summed E-state index contributed by atoms with van der Waals surface area (Å²) in [6.45, 7) is 20.6. The van der Waals surface area contributed by atoms with Gasteiger partial charge in [-0.25, -0.2) is 9.80 Å². The first-order chi connectivity index (χ1) is 29.5. The number of rotatable bonds is 20. The third-order valence-electron chi connectivity index (χ3n) is 11.0. The quantitative estimate of drug-likeness (QED) is 0.0484. The maximum Gasteiger partial charge on any atom is 0.312 e. The number of benzene rings is 4. The Kier molecular flexibility index (Phi) is 15.0. The summed E-state index contributed by atoms with van der Waals surface area (Å²) in [5, 5.41) is 0.727. The lowest BCUT2D eigenvalue weighted by molar-refractivity contribution is 0.0910. The van der Waals surface area contributed by atoms with Crippen LogP contribution in [-0.4, -0.2) is 77.7 Å². The number of aryl methyl sites for hydroxylation is 1. The zero-order chi connectivity index (χ0) is 46.1. The number of ether oxygens (including phenoxy) is 2. The molecule has 0 aromatic heterocycles. The van der Waals surface area contributed by atoms with Gasteiger partial charge in [0.15, 0.2) is 16.6 Å². The number of fused-ring (bicyclic) bond motifs is 2. The molecule has 0 radical (unpaired) electrons. The van der Waals surface area contributed by atoms with E-state index in [0.717, 1.165) is 59.7 Å². The molecule has 63 heavy (non-hydrogen) atoms. The molecule has 0 spiro atoms. The summed E-state index contributed by atoms with van der Waals surface area (Å²) in [5.74, 6) is -1.43. The van der Waals surface area contributed by atoms with Crippen molar-refractivity contribution in [3.63, 3.8) is 0 Å². The van der Waals surface area contributed by atoms with Crippen molar-refractivity contribution in [1.82, 2.24) is 0 Å². The first-order valence-corrected chi connectivity index (χ1v) is 34.0. The van der Waals surface area contributed by atoms with Gasteiger partial charge in [0.05, 0.1) is 45.3 Å². The van der Waals surface area contributed by atoms with Crippen LogP contribution < -0.4 is 14.5 Å². The molecule has 2 aliphatic rings. The number of hydrogen-bond acceptors (Lipinski definition) is 9. The van der Waals surface area contributed by atoms with Crippen molar-refractivity contribution in [2.24, 2.45) is 0 Å². The monoisotopic (exact) mass is 964 g/mol. The molecule has 2 heterocycles. The number of carbonyl (C=O) groups excluding carboxylic acids is 4. The number of nitrogens with zero attached hydrogens (tertiary/aromatic N) is 2.